The summed E-state index contributed by atoms with van der Waals surface area (Å²) in [5.41, 5.74) is 3.31. The maximum absolute atomic E-state index is 13.4. The van der Waals surface area contributed by atoms with E-state index >= 15 is 0 Å². The van der Waals surface area contributed by atoms with Gasteiger partial charge in [-0.3, -0.25) is 14.5 Å². The minimum absolute atomic E-state index is 0.0141. The normalized spacial score (nSPS) is 19.0. The van der Waals surface area contributed by atoms with Crippen LogP contribution < -0.4 is 10.6 Å². The van der Waals surface area contributed by atoms with Gasteiger partial charge in [-0.2, -0.15) is 0 Å². The summed E-state index contributed by atoms with van der Waals surface area (Å²) in [5.74, 6) is 0.429. The molecule has 188 valence electrons. The van der Waals surface area contributed by atoms with Gasteiger partial charge in [-0.1, -0.05) is 38.1 Å². The molecule has 1 aromatic heterocycles. The molecule has 1 fully saturated rings. The summed E-state index contributed by atoms with van der Waals surface area (Å²) in [5, 5.41) is 13.9. The van der Waals surface area contributed by atoms with Gasteiger partial charge in [0.2, 0.25) is 11.8 Å². The summed E-state index contributed by atoms with van der Waals surface area (Å²) in [4.78, 5) is 30.3. The lowest BCUT2D eigenvalue weighted by Crippen LogP contribution is -2.64. The predicted molar refractivity (Wildman–Crippen MR) is 138 cm³/mol. The number of hydrogen-bond acceptors (Lipinski definition) is 6. The Balaban J connectivity index is 1.72. The molecule has 0 bridgehead atoms. The molecule has 3 N–H and O–H groups in total. The number of carbonyl (C=O) groups excluding carboxylic acids is 2. The Morgan fingerprint density at radius 1 is 1.20 bits per heavy atom. The zero-order valence-electron chi connectivity index (χ0n) is 21.3. The Morgan fingerprint density at radius 3 is 2.49 bits per heavy atom. The van der Waals surface area contributed by atoms with Crippen molar-refractivity contribution in [3.63, 3.8) is 0 Å². The van der Waals surface area contributed by atoms with Gasteiger partial charge >= 0.3 is 0 Å². The minimum atomic E-state index is -0.588. The van der Waals surface area contributed by atoms with Crippen molar-refractivity contribution in [2.75, 3.05) is 26.7 Å². The number of amides is 2. The molecular weight excluding hydrogens is 442 g/mol. The van der Waals surface area contributed by atoms with Crippen LogP contribution in [0.3, 0.4) is 0 Å². The summed E-state index contributed by atoms with van der Waals surface area (Å²) in [7, 11) is 1.83. The van der Waals surface area contributed by atoms with E-state index in [-0.39, 0.29) is 23.8 Å². The first-order chi connectivity index (χ1) is 16.7. The molecule has 2 atom stereocenters. The number of rotatable bonds is 9. The van der Waals surface area contributed by atoms with Crippen LogP contribution in [0.15, 0.2) is 58.9 Å². The monoisotopic (exact) mass is 479 g/mol. The van der Waals surface area contributed by atoms with Crippen LogP contribution in [0.1, 0.15) is 33.3 Å². The molecule has 1 aliphatic heterocycles. The van der Waals surface area contributed by atoms with Crippen LogP contribution in [0.25, 0.3) is 11.3 Å². The maximum atomic E-state index is 13.4. The fourth-order valence-electron chi connectivity index (χ4n) is 4.42. The van der Waals surface area contributed by atoms with Crippen LogP contribution in [0.2, 0.25) is 0 Å². The van der Waals surface area contributed by atoms with Gasteiger partial charge < -0.3 is 25.4 Å². The van der Waals surface area contributed by atoms with Crippen molar-refractivity contribution in [2.24, 2.45) is 5.92 Å². The van der Waals surface area contributed by atoms with E-state index in [0.29, 0.717) is 31.9 Å². The van der Waals surface area contributed by atoms with E-state index < -0.39 is 6.04 Å². The second kappa shape index (κ2) is 11.8. The van der Waals surface area contributed by atoms with Crippen LogP contribution in [0, 0.1) is 11.3 Å². The highest BCUT2D eigenvalue weighted by Gasteiger charge is 2.40. The first-order valence-corrected chi connectivity index (χ1v) is 12.1. The van der Waals surface area contributed by atoms with E-state index in [4.69, 9.17) is 9.83 Å². The van der Waals surface area contributed by atoms with Crippen LogP contribution in [-0.4, -0.2) is 66.1 Å². The number of carbonyl (C=O) groups is 2. The highest BCUT2D eigenvalue weighted by Crippen LogP contribution is 2.22. The third-order valence-corrected chi connectivity index (χ3v) is 6.15. The number of nitrogens with zero attached hydrogens (tertiary/aromatic N) is 2. The number of likely N-dealkylation sites (N-methyl/N-ethyl adjacent to an activating group) is 1. The molecule has 35 heavy (non-hydrogen) atoms. The summed E-state index contributed by atoms with van der Waals surface area (Å²) in [6.45, 7) is 9.51. The third kappa shape index (κ3) is 6.82. The molecule has 0 saturated carbocycles. The zero-order valence-corrected chi connectivity index (χ0v) is 21.3. The van der Waals surface area contributed by atoms with Crippen molar-refractivity contribution in [2.45, 2.75) is 46.3 Å². The fraction of sp³-hybridized carbons (Fsp3) is 0.444. The molecule has 2 heterocycles. The summed E-state index contributed by atoms with van der Waals surface area (Å²) in [6, 6.07) is 10.9. The molecule has 0 spiro atoms. The van der Waals surface area contributed by atoms with Gasteiger partial charge in [0.1, 0.15) is 11.8 Å². The van der Waals surface area contributed by atoms with Crippen LogP contribution in [0.5, 0.6) is 0 Å². The smallest absolute Gasteiger partial charge is 0.244 e. The van der Waals surface area contributed by atoms with Crippen LogP contribution in [0.4, 0.5) is 0 Å². The van der Waals surface area contributed by atoms with Crippen molar-refractivity contribution in [3.8, 4) is 11.3 Å². The van der Waals surface area contributed by atoms with Crippen LogP contribution >= 0.6 is 0 Å². The number of allylic oxidation sites excluding steroid dienone is 1. The van der Waals surface area contributed by atoms with Gasteiger partial charge in [0.15, 0.2) is 0 Å². The van der Waals surface area contributed by atoms with Crippen molar-refractivity contribution in [3.05, 3.63) is 60.0 Å². The maximum Gasteiger partial charge on any atom is 0.244 e. The Labute approximate surface area is 207 Å². The summed E-state index contributed by atoms with van der Waals surface area (Å²) >= 11 is 0. The van der Waals surface area contributed by atoms with E-state index in [1.165, 1.54) is 0 Å². The van der Waals surface area contributed by atoms with Crippen LogP contribution in [-0.2, 0) is 16.1 Å². The van der Waals surface area contributed by atoms with Crippen molar-refractivity contribution in [1.82, 2.24) is 20.4 Å². The second-order valence-electron chi connectivity index (χ2n) is 9.45. The topological polar surface area (TPSA) is 102 Å². The molecule has 0 radical (unpaired) electrons. The lowest BCUT2D eigenvalue weighted by molar-refractivity contribution is -0.150. The lowest BCUT2D eigenvalue weighted by Gasteiger charge is -2.45. The summed E-state index contributed by atoms with van der Waals surface area (Å²) < 4.78 is 5.44. The van der Waals surface area contributed by atoms with Gasteiger partial charge in [-0.15, -0.1) is 0 Å². The average molecular weight is 480 g/mol. The highest BCUT2D eigenvalue weighted by molar-refractivity contribution is 5.90. The van der Waals surface area contributed by atoms with E-state index in [9.17, 15) is 9.59 Å². The van der Waals surface area contributed by atoms with Gasteiger partial charge in [-0.05, 0) is 37.6 Å². The lowest BCUT2D eigenvalue weighted by atomic mass is 10.0. The average Bonchev–Trinajstić information content (AvgIpc) is 3.36. The number of nitrogens with one attached hydrogen (secondary N) is 3. The summed E-state index contributed by atoms with van der Waals surface area (Å²) in [6.07, 6.45) is 3.43. The third-order valence-electron chi connectivity index (χ3n) is 6.15. The molecule has 1 saturated heterocycles. The van der Waals surface area contributed by atoms with Gasteiger partial charge in [0.05, 0.1) is 6.26 Å². The quantitative estimate of drug-likeness (QED) is 0.479. The molecule has 2 aromatic rings. The van der Waals surface area contributed by atoms with Gasteiger partial charge in [0.25, 0.3) is 0 Å². The number of hydrogen-bond donors (Lipinski definition) is 3. The molecule has 3 rings (SSSR count). The molecule has 2 amide bonds. The van der Waals surface area contributed by atoms with Gasteiger partial charge in [-0.25, -0.2) is 0 Å². The fourth-order valence-corrected chi connectivity index (χ4v) is 4.42. The zero-order chi connectivity index (χ0) is 25.5. The van der Waals surface area contributed by atoms with E-state index in [1.54, 1.807) is 24.2 Å². The minimum Gasteiger partial charge on any atom is -0.464 e. The second-order valence-corrected chi connectivity index (χ2v) is 9.45. The largest absolute Gasteiger partial charge is 0.464 e. The molecule has 0 aliphatic carbocycles. The Morgan fingerprint density at radius 2 is 1.91 bits per heavy atom. The van der Waals surface area contributed by atoms with Crippen molar-refractivity contribution >= 4 is 17.5 Å². The standard InChI is InChI=1S/C27H37N5O3/c1-18(2)27(34)32-20(4)15-31(16-23(29-5)13-19(3)28)17-24(32)26(33)30-14-21-8-10-22(11-9-21)25-7-6-12-35-25/h6-13,18,20,24,28-29H,14-17H2,1-5H3,(H,30,33)/b23-13-,28-19?. The number of furan rings is 1. The predicted octanol–water partition coefficient (Wildman–Crippen LogP) is 3.26. The molecule has 1 aromatic carbocycles. The first-order valence-electron chi connectivity index (χ1n) is 12.1. The molecule has 8 nitrogen and oxygen atoms in total. The molecular formula is C27H37N5O3. The molecule has 1 aliphatic rings. The molecule has 8 heteroatoms. The van der Waals surface area contributed by atoms with Crippen molar-refractivity contribution in [1.29, 1.82) is 5.41 Å². The van der Waals surface area contributed by atoms with Crippen molar-refractivity contribution < 1.29 is 14.0 Å². The Bertz CT molecular complexity index is 1040. The van der Waals surface area contributed by atoms with Gasteiger partial charge in [0, 0.05) is 62.2 Å². The van der Waals surface area contributed by atoms with E-state index in [1.807, 2.05) is 64.2 Å². The number of benzene rings is 1. The Kier molecular flexibility index (Phi) is 8.87. The van der Waals surface area contributed by atoms with E-state index in [2.05, 4.69) is 15.5 Å². The van der Waals surface area contributed by atoms with E-state index in [0.717, 1.165) is 22.6 Å². The molecule has 2 unspecified atom stereocenters. The Hall–Kier alpha value is -3.39. The highest BCUT2D eigenvalue weighted by atomic mass is 16.3. The number of piperazine rings is 1. The SMILES string of the molecule is CN/C(=C\C(C)=N)CN1CC(C)N(C(=O)C(C)C)C(C(=O)NCc2ccc(-c3ccco3)cc2)C1. The first kappa shape index (κ1) is 26.2.